The predicted octanol–water partition coefficient (Wildman–Crippen LogP) is -0.0218. The standard InChI is InChI=1S/C9H13N3O3S/c13-8(12-1-3-15-4-2-12)10-5-7-6-16-9(14)11-7/h6H,1-5H2,(H,10,13)(H,11,14). The van der Waals surface area contributed by atoms with E-state index < -0.39 is 0 Å². The molecule has 2 heterocycles. The van der Waals surface area contributed by atoms with Crippen LogP contribution in [0.15, 0.2) is 10.2 Å². The van der Waals surface area contributed by atoms with E-state index in [9.17, 15) is 9.59 Å². The Balaban J connectivity index is 1.81. The summed E-state index contributed by atoms with van der Waals surface area (Å²) in [5.41, 5.74) is 0.733. The molecule has 2 rings (SSSR count). The van der Waals surface area contributed by atoms with Crippen LogP contribution >= 0.6 is 11.3 Å². The highest BCUT2D eigenvalue weighted by Gasteiger charge is 2.16. The molecule has 7 heteroatoms. The van der Waals surface area contributed by atoms with Crippen molar-refractivity contribution in [3.63, 3.8) is 0 Å². The lowest BCUT2D eigenvalue weighted by molar-refractivity contribution is 0.0531. The summed E-state index contributed by atoms with van der Waals surface area (Å²) < 4.78 is 5.15. The topological polar surface area (TPSA) is 74.4 Å². The van der Waals surface area contributed by atoms with Crippen LogP contribution in [-0.4, -0.2) is 42.2 Å². The summed E-state index contributed by atoms with van der Waals surface area (Å²) in [6.07, 6.45) is 0. The van der Waals surface area contributed by atoms with Gasteiger partial charge in [0.15, 0.2) is 0 Å². The number of urea groups is 1. The largest absolute Gasteiger partial charge is 0.378 e. The number of carbonyl (C=O) groups excluding carboxylic acids is 1. The summed E-state index contributed by atoms with van der Waals surface area (Å²) >= 11 is 1.10. The fourth-order valence-electron chi connectivity index (χ4n) is 1.45. The van der Waals surface area contributed by atoms with Gasteiger partial charge in [-0.2, -0.15) is 0 Å². The number of thiazole rings is 1. The molecule has 1 aromatic rings. The van der Waals surface area contributed by atoms with Crippen LogP contribution in [0.4, 0.5) is 4.79 Å². The highest BCUT2D eigenvalue weighted by atomic mass is 32.1. The molecule has 1 fully saturated rings. The molecule has 16 heavy (non-hydrogen) atoms. The average molecular weight is 243 g/mol. The highest BCUT2D eigenvalue weighted by molar-refractivity contribution is 7.07. The highest BCUT2D eigenvalue weighted by Crippen LogP contribution is 1.99. The van der Waals surface area contributed by atoms with Crippen LogP contribution in [0.5, 0.6) is 0 Å². The minimum atomic E-state index is -0.115. The van der Waals surface area contributed by atoms with Crippen LogP contribution in [-0.2, 0) is 11.3 Å². The van der Waals surface area contributed by atoms with Gasteiger partial charge >= 0.3 is 10.9 Å². The van der Waals surface area contributed by atoms with Crippen molar-refractivity contribution in [3.8, 4) is 0 Å². The Morgan fingerprint density at radius 1 is 1.56 bits per heavy atom. The van der Waals surface area contributed by atoms with E-state index in [2.05, 4.69) is 10.3 Å². The molecule has 0 unspecified atom stereocenters. The molecule has 1 aromatic heterocycles. The van der Waals surface area contributed by atoms with Gasteiger partial charge in [-0.15, -0.1) is 0 Å². The van der Waals surface area contributed by atoms with Crippen molar-refractivity contribution in [2.45, 2.75) is 6.54 Å². The third-order valence-corrected chi connectivity index (χ3v) is 3.02. The Bertz CT molecular complexity index is 408. The zero-order valence-corrected chi connectivity index (χ0v) is 9.51. The third-order valence-electron chi connectivity index (χ3n) is 2.30. The first-order valence-electron chi connectivity index (χ1n) is 5.03. The number of amides is 2. The van der Waals surface area contributed by atoms with Crippen molar-refractivity contribution >= 4 is 17.4 Å². The summed E-state index contributed by atoms with van der Waals surface area (Å²) in [6.45, 7) is 2.76. The summed E-state index contributed by atoms with van der Waals surface area (Å²) in [5, 5.41) is 4.46. The van der Waals surface area contributed by atoms with E-state index in [0.29, 0.717) is 32.8 Å². The van der Waals surface area contributed by atoms with Crippen LogP contribution in [0.25, 0.3) is 0 Å². The lowest BCUT2D eigenvalue weighted by atomic mass is 10.4. The smallest absolute Gasteiger partial charge is 0.317 e. The van der Waals surface area contributed by atoms with Gasteiger partial charge in [0.05, 0.1) is 19.8 Å². The molecule has 6 nitrogen and oxygen atoms in total. The Kier molecular flexibility index (Phi) is 3.58. The molecule has 0 saturated carbocycles. The van der Waals surface area contributed by atoms with E-state index in [1.54, 1.807) is 10.3 Å². The zero-order chi connectivity index (χ0) is 11.4. The Morgan fingerprint density at radius 3 is 2.94 bits per heavy atom. The van der Waals surface area contributed by atoms with Gasteiger partial charge < -0.3 is 19.9 Å². The molecule has 2 amide bonds. The molecular weight excluding hydrogens is 230 g/mol. The SMILES string of the molecule is O=C(NCc1csc(=O)[nH]1)N1CCOCC1. The van der Waals surface area contributed by atoms with Gasteiger partial charge in [0.25, 0.3) is 0 Å². The van der Waals surface area contributed by atoms with E-state index in [0.717, 1.165) is 17.0 Å². The van der Waals surface area contributed by atoms with Crippen molar-refractivity contribution < 1.29 is 9.53 Å². The van der Waals surface area contributed by atoms with E-state index in [-0.39, 0.29) is 10.9 Å². The predicted molar refractivity (Wildman–Crippen MR) is 59.6 cm³/mol. The van der Waals surface area contributed by atoms with Gasteiger partial charge in [-0.25, -0.2) is 4.79 Å². The maximum atomic E-state index is 11.6. The molecule has 0 aromatic carbocycles. The first kappa shape index (κ1) is 11.2. The van der Waals surface area contributed by atoms with Crippen LogP contribution in [0.1, 0.15) is 5.69 Å². The molecule has 88 valence electrons. The number of rotatable bonds is 2. The van der Waals surface area contributed by atoms with Gasteiger partial charge in [-0.3, -0.25) is 4.79 Å². The Hall–Kier alpha value is -1.34. The van der Waals surface area contributed by atoms with Crippen LogP contribution in [0.3, 0.4) is 0 Å². The average Bonchev–Trinajstić information content (AvgIpc) is 2.73. The second kappa shape index (κ2) is 5.13. The zero-order valence-electron chi connectivity index (χ0n) is 8.69. The van der Waals surface area contributed by atoms with Crippen molar-refractivity contribution in [3.05, 3.63) is 20.7 Å². The first-order chi connectivity index (χ1) is 7.75. The quantitative estimate of drug-likeness (QED) is 0.766. The Morgan fingerprint density at radius 2 is 2.31 bits per heavy atom. The lowest BCUT2D eigenvalue weighted by Crippen LogP contribution is -2.45. The summed E-state index contributed by atoms with van der Waals surface area (Å²) in [6, 6.07) is -0.115. The van der Waals surface area contributed by atoms with Crippen molar-refractivity contribution in [2.75, 3.05) is 26.3 Å². The number of nitrogens with one attached hydrogen (secondary N) is 2. The number of hydrogen-bond acceptors (Lipinski definition) is 4. The van der Waals surface area contributed by atoms with Gasteiger partial charge in [0.1, 0.15) is 0 Å². The van der Waals surface area contributed by atoms with Gasteiger partial charge in [-0.1, -0.05) is 11.3 Å². The van der Waals surface area contributed by atoms with E-state index in [4.69, 9.17) is 4.74 Å². The minimum Gasteiger partial charge on any atom is -0.378 e. The van der Waals surface area contributed by atoms with Crippen molar-refractivity contribution in [1.82, 2.24) is 15.2 Å². The molecule has 2 N–H and O–H groups in total. The van der Waals surface area contributed by atoms with Crippen molar-refractivity contribution in [1.29, 1.82) is 0 Å². The minimum absolute atomic E-state index is 0.101. The molecule has 0 atom stereocenters. The molecule has 0 bridgehead atoms. The first-order valence-corrected chi connectivity index (χ1v) is 5.91. The number of morpholine rings is 1. The fraction of sp³-hybridized carbons (Fsp3) is 0.556. The molecule has 0 radical (unpaired) electrons. The van der Waals surface area contributed by atoms with Gasteiger partial charge in [-0.05, 0) is 0 Å². The number of aromatic nitrogens is 1. The fourth-order valence-corrected chi connectivity index (χ4v) is 2.03. The number of H-pyrrole nitrogens is 1. The second-order valence-corrected chi connectivity index (χ2v) is 4.27. The monoisotopic (exact) mass is 243 g/mol. The molecule has 0 spiro atoms. The van der Waals surface area contributed by atoms with E-state index in [1.165, 1.54) is 0 Å². The molecule has 0 aliphatic carbocycles. The van der Waals surface area contributed by atoms with E-state index >= 15 is 0 Å². The number of aromatic amines is 1. The van der Waals surface area contributed by atoms with Gasteiger partial charge in [0.2, 0.25) is 0 Å². The number of hydrogen-bond donors (Lipinski definition) is 2. The number of nitrogens with zero attached hydrogens (tertiary/aromatic N) is 1. The molecule has 1 aliphatic heterocycles. The van der Waals surface area contributed by atoms with Crippen LogP contribution < -0.4 is 10.2 Å². The molecular formula is C9H13N3O3S. The molecule has 1 saturated heterocycles. The maximum absolute atomic E-state index is 11.6. The summed E-state index contributed by atoms with van der Waals surface area (Å²) in [5.74, 6) is 0. The number of carbonyl (C=O) groups is 1. The van der Waals surface area contributed by atoms with E-state index in [1.807, 2.05) is 0 Å². The van der Waals surface area contributed by atoms with Crippen LogP contribution in [0.2, 0.25) is 0 Å². The summed E-state index contributed by atoms with van der Waals surface area (Å²) in [7, 11) is 0. The third kappa shape index (κ3) is 2.83. The van der Waals surface area contributed by atoms with Gasteiger partial charge in [0, 0.05) is 24.2 Å². The number of ether oxygens (including phenoxy) is 1. The lowest BCUT2D eigenvalue weighted by Gasteiger charge is -2.26. The second-order valence-electron chi connectivity index (χ2n) is 3.43. The Labute approximate surface area is 96.2 Å². The summed E-state index contributed by atoms with van der Waals surface area (Å²) in [4.78, 5) is 26.7. The normalized spacial score (nSPS) is 16.1. The molecule has 1 aliphatic rings. The maximum Gasteiger partial charge on any atom is 0.317 e. The van der Waals surface area contributed by atoms with Crippen LogP contribution in [0, 0.1) is 0 Å². The van der Waals surface area contributed by atoms with Crippen molar-refractivity contribution in [2.24, 2.45) is 0 Å².